The average Bonchev–Trinajstić information content (AvgIpc) is 1.86. The molecule has 1 aliphatic rings. The standard InChI is InChI=1S/C3H8N2O/c1-3-5-4-2-6-3/h3-5H,2H2,1H3/t3-/m1/s1. The van der Waals surface area contributed by atoms with Crippen LogP contribution in [0.15, 0.2) is 0 Å². The number of hydrogen-bond donors (Lipinski definition) is 2. The Morgan fingerprint density at radius 3 is 2.83 bits per heavy atom. The van der Waals surface area contributed by atoms with Crippen molar-refractivity contribution in [2.24, 2.45) is 0 Å². The van der Waals surface area contributed by atoms with Crippen LogP contribution in [0.1, 0.15) is 6.92 Å². The molecular formula is C3H8N2O. The molecule has 0 aromatic heterocycles. The van der Waals surface area contributed by atoms with Crippen LogP contribution in [-0.2, 0) is 4.74 Å². The van der Waals surface area contributed by atoms with E-state index in [2.05, 4.69) is 10.9 Å². The summed E-state index contributed by atoms with van der Waals surface area (Å²) in [6.07, 6.45) is 0.185. The molecule has 1 heterocycles. The molecule has 6 heavy (non-hydrogen) atoms. The summed E-state index contributed by atoms with van der Waals surface area (Å²) in [4.78, 5) is 0. The zero-order valence-electron chi connectivity index (χ0n) is 3.69. The SMILES string of the molecule is C[C@@H]1NNCO1. The van der Waals surface area contributed by atoms with E-state index in [-0.39, 0.29) is 6.23 Å². The molecule has 2 N–H and O–H groups in total. The van der Waals surface area contributed by atoms with E-state index in [0.29, 0.717) is 6.73 Å². The lowest BCUT2D eigenvalue weighted by Crippen LogP contribution is -2.27. The molecule has 0 saturated carbocycles. The molecule has 1 atom stereocenters. The largest absolute Gasteiger partial charge is 0.346 e. The van der Waals surface area contributed by atoms with Crippen molar-refractivity contribution in [2.45, 2.75) is 13.2 Å². The Balaban J connectivity index is 2.18. The van der Waals surface area contributed by atoms with Gasteiger partial charge in [0.1, 0.15) is 13.0 Å². The number of ether oxygens (including phenoxy) is 1. The molecule has 1 aliphatic heterocycles. The van der Waals surface area contributed by atoms with Crippen molar-refractivity contribution in [1.82, 2.24) is 10.9 Å². The summed E-state index contributed by atoms with van der Waals surface area (Å²) >= 11 is 0. The third-order valence-corrected chi connectivity index (χ3v) is 0.711. The molecule has 1 fully saturated rings. The molecule has 0 unspecified atom stereocenters. The van der Waals surface area contributed by atoms with Crippen LogP contribution in [-0.4, -0.2) is 13.0 Å². The van der Waals surface area contributed by atoms with E-state index >= 15 is 0 Å². The topological polar surface area (TPSA) is 33.3 Å². The summed E-state index contributed by atoms with van der Waals surface area (Å²) in [6, 6.07) is 0. The quantitative estimate of drug-likeness (QED) is 0.415. The molecule has 0 aliphatic carbocycles. The number of hydrogen-bond acceptors (Lipinski definition) is 3. The summed E-state index contributed by atoms with van der Waals surface area (Å²) in [5.41, 5.74) is 5.65. The minimum Gasteiger partial charge on any atom is -0.346 e. The highest BCUT2D eigenvalue weighted by molar-refractivity contribution is 4.44. The molecule has 0 radical (unpaired) electrons. The van der Waals surface area contributed by atoms with E-state index < -0.39 is 0 Å². The van der Waals surface area contributed by atoms with Crippen LogP contribution < -0.4 is 10.9 Å². The van der Waals surface area contributed by atoms with Gasteiger partial charge in [-0.3, -0.25) is 0 Å². The van der Waals surface area contributed by atoms with Crippen LogP contribution in [0.3, 0.4) is 0 Å². The number of nitrogens with one attached hydrogen (secondary N) is 2. The van der Waals surface area contributed by atoms with Gasteiger partial charge in [0, 0.05) is 0 Å². The minimum absolute atomic E-state index is 0.185. The van der Waals surface area contributed by atoms with Gasteiger partial charge < -0.3 is 4.74 Å². The van der Waals surface area contributed by atoms with Crippen molar-refractivity contribution in [1.29, 1.82) is 0 Å². The van der Waals surface area contributed by atoms with Gasteiger partial charge in [0.25, 0.3) is 0 Å². The van der Waals surface area contributed by atoms with Crippen LogP contribution in [0.5, 0.6) is 0 Å². The fraction of sp³-hybridized carbons (Fsp3) is 1.00. The molecule has 0 bridgehead atoms. The molecule has 0 spiro atoms. The Morgan fingerprint density at radius 1 is 1.83 bits per heavy atom. The van der Waals surface area contributed by atoms with E-state index in [1.807, 2.05) is 6.92 Å². The summed E-state index contributed by atoms with van der Waals surface area (Å²) < 4.78 is 4.93. The Morgan fingerprint density at radius 2 is 2.67 bits per heavy atom. The first-order valence-corrected chi connectivity index (χ1v) is 1.99. The number of hydrazine groups is 1. The third kappa shape index (κ3) is 0.680. The molecule has 0 amide bonds. The maximum atomic E-state index is 4.93. The first-order chi connectivity index (χ1) is 2.89. The van der Waals surface area contributed by atoms with E-state index in [1.54, 1.807) is 0 Å². The predicted molar refractivity (Wildman–Crippen MR) is 21.7 cm³/mol. The maximum absolute atomic E-state index is 4.93. The Kier molecular flexibility index (Phi) is 1.05. The summed E-state index contributed by atoms with van der Waals surface area (Å²) in [5, 5.41) is 0. The smallest absolute Gasteiger partial charge is 0.119 e. The lowest BCUT2D eigenvalue weighted by Gasteiger charge is -1.94. The van der Waals surface area contributed by atoms with E-state index in [1.165, 1.54) is 0 Å². The first kappa shape index (κ1) is 4.05. The zero-order chi connectivity index (χ0) is 4.41. The van der Waals surface area contributed by atoms with Gasteiger partial charge >= 0.3 is 0 Å². The van der Waals surface area contributed by atoms with Crippen molar-refractivity contribution in [3.8, 4) is 0 Å². The van der Waals surface area contributed by atoms with Gasteiger partial charge in [0.15, 0.2) is 0 Å². The van der Waals surface area contributed by atoms with Gasteiger partial charge in [0.2, 0.25) is 0 Å². The van der Waals surface area contributed by atoms with E-state index in [9.17, 15) is 0 Å². The van der Waals surface area contributed by atoms with E-state index in [4.69, 9.17) is 4.74 Å². The monoisotopic (exact) mass is 88.1 g/mol. The second-order valence-electron chi connectivity index (χ2n) is 1.27. The van der Waals surface area contributed by atoms with Gasteiger partial charge in [0.05, 0.1) is 0 Å². The van der Waals surface area contributed by atoms with Crippen LogP contribution >= 0.6 is 0 Å². The van der Waals surface area contributed by atoms with Gasteiger partial charge in [-0.05, 0) is 6.92 Å². The normalized spacial score (nSPS) is 34.5. The van der Waals surface area contributed by atoms with Crippen molar-refractivity contribution >= 4 is 0 Å². The second-order valence-corrected chi connectivity index (χ2v) is 1.27. The molecular weight excluding hydrogens is 80.0 g/mol. The fourth-order valence-corrected chi connectivity index (χ4v) is 0.394. The Labute approximate surface area is 36.6 Å². The Bertz CT molecular complexity index is 42.1. The second kappa shape index (κ2) is 1.55. The third-order valence-electron chi connectivity index (χ3n) is 0.711. The maximum Gasteiger partial charge on any atom is 0.119 e. The first-order valence-electron chi connectivity index (χ1n) is 1.99. The summed E-state index contributed by atoms with van der Waals surface area (Å²) in [6.45, 7) is 2.57. The molecule has 3 nitrogen and oxygen atoms in total. The fourth-order valence-electron chi connectivity index (χ4n) is 0.394. The molecule has 1 saturated heterocycles. The lowest BCUT2D eigenvalue weighted by molar-refractivity contribution is 0.115. The molecule has 0 aromatic rings. The number of rotatable bonds is 0. The van der Waals surface area contributed by atoms with Crippen molar-refractivity contribution < 1.29 is 4.74 Å². The van der Waals surface area contributed by atoms with Crippen molar-refractivity contribution in [2.75, 3.05) is 6.73 Å². The van der Waals surface area contributed by atoms with Crippen LogP contribution in [0.25, 0.3) is 0 Å². The van der Waals surface area contributed by atoms with Gasteiger partial charge in [-0.1, -0.05) is 0 Å². The van der Waals surface area contributed by atoms with Crippen LogP contribution in [0.4, 0.5) is 0 Å². The highest BCUT2D eigenvalue weighted by Gasteiger charge is 2.04. The minimum atomic E-state index is 0.185. The summed E-state index contributed by atoms with van der Waals surface area (Å²) in [7, 11) is 0. The molecule has 1 rings (SSSR count). The highest BCUT2D eigenvalue weighted by atomic mass is 16.5. The zero-order valence-corrected chi connectivity index (χ0v) is 3.69. The summed E-state index contributed by atoms with van der Waals surface area (Å²) in [5.74, 6) is 0. The Hall–Kier alpha value is -0.120. The van der Waals surface area contributed by atoms with Crippen molar-refractivity contribution in [3.63, 3.8) is 0 Å². The van der Waals surface area contributed by atoms with Crippen molar-refractivity contribution in [3.05, 3.63) is 0 Å². The lowest BCUT2D eigenvalue weighted by atomic mass is 10.7. The average molecular weight is 88.1 g/mol. The molecule has 36 valence electrons. The van der Waals surface area contributed by atoms with Gasteiger partial charge in [-0.15, -0.1) is 0 Å². The van der Waals surface area contributed by atoms with E-state index in [0.717, 1.165) is 0 Å². The van der Waals surface area contributed by atoms with Gasteiger partial charge in [-0.25, -0.2) is 10.9 Å². The highest BCUT2D eigenvalue weighted by Crippen LogP contribution is 1.84. The molecule has 0 aromatic carbocycles. The molecule has 3 heteroatoms. The van der Waals surface area contributed by atoms with Crippen LogP contribution in [0, 0.1) is 0 Å². The van der Waals surface area contributed by atoms with Gasteiger partial charge in [-0.2, -0.15) is 0 Å². The van der Waals surface area contributed by atoms with Crippen LogP contribution in [0.2, 0.25) is 0 Å². The predicted octanol–water partition coefficient (Wildman–Crippen LogP) is -0.586.